The first-order valence-corrected chi connectivity index (χ1v) is 10.4. The Kier molecular flexibility index (Phi) is 5.41. The highest BCUT2D eigenvalue weighted by Crippen LogP contribution is 2.36. The summed E-state index contributed by atoms with van der Waals surface area (Å²) in [4.78, 5) is 29.8. The highest BCUT2D eigenvalue weighted by atomic mass is 16.5. The third kappa shape index (κ3) is 4.13. The number of nitrogens with zero attached hydrogens (tertiary/aromatic N) is 2. The summed E-state index contributed by atoms with van der Waals surface area (Å²) in [5.41, 5.74) is 2.67. The molecule has 0 aliphatic heterocycles. The molecule has 0 bridgehead atoms. The molecule has 0 saturated heterocycles. The van der Waals surface area contributed by atoms with Gasteiger partial charge in [-0.2, -0.15) is 0 Å². The van der Waals surface area contributed by atoms with Crippen LogP contribution in [0.1, 0.15) is 67.8 Å². The third-order valence-electron chi connectivity index (χ3n) is 5.68. The first-order valence-electron chi connectivity index (χ1n) is 10.4. The zero-order valence-electron chi connectivity index (χ0n) is 17.4. The van der Waals surface area contributed by atoms with E-state index >= 15 is 0 Å². The average molecular weight is 406 g/mol. The van der Waals surface area contributed by atoms with Gasteiger partial charge < -0.3 is 9.63 Å². The van der Waals surface area contributed by atoms with Gasteiger partial charge >= 0.3 is 0 Å². The lowest BCUT2D eigenvalue weighted by Gasteiger charge is -2.26. The fraction of sp³-hybridized carbons (Fsp3) is 0.417. The highest BCUT2D eigenvalue weighted by Gasteiger charge is 2.36. The molecule has 1 heterocycles. The van der Waals surface area contributed by atoms with E-state index in [1.165, 1.54) is 0 Å². The van der Waals surface area contributed by atoms with Gasteiger partial charge in [-0.3, -0.25) is 14.6 Å². The lowest BCUT2D eigenvalue weighted by atomic mass is 9.76. The molecule has 1 fully saturated rings. The highest BCUT2D eigenvalue weighted by molar-refractivity contribution is 6.24. The summed E-state index contributed by atoms with van der Waals surface area (Å²) in [6.07, 6.45) is 3.44. The molecule has 1 N–H and O–H groups in total. The van der Waals surface area contributed by atoms with Crippen LogP contribution in [0.5, 0.6) is 0 Å². The Morgan fingerprint density at radius 3 is 2.67 bits per heavy atom. The molecule has 1 aromatic carbocycles. The van der Waals surface area contributed by atoms with Crippen molar-refractivity contribution in [3.05, 3.63) is 58.7 Å². The number of fused-ring (bicyclic) bond motifs is 1. The number of ketones is 2. The number of hydrogen-bond acceptors (Lipinski definition) is 6. The first kappa shape index (κ1) is 20.3. The van der Waals surface area contributed by atoms with Crippen LogP contribution in [0.3, 0.4) is 0 Å². The van der Waals surface area contributed by atoms with Crippen LogP contribution in [0, 0.1) is 5.41 Å². The van der Waals surface area contributed by atoms with Crippen molar-refractivity contribution in [1.29, 1.82) is 0 Å². The minimum atomic E-state index is -0.137. The van der Waals surface area contributed by atoms with Crippen LogP contribution in [0.25, 0.3) is 0 Å². The number of carbonyl (C=O) groups excluding carboxylic acids is 2. The van der Waals surface area contributed by atoms with E-state index < -0.39 is 0 Å². The van der Waals surface area contributed by atoms with Gasteiger partial charge in [0.15, 0.2) is 11.6 Å². The molecule has 0 atom stereocenters. The van der Waals surface area contributed by atoms with Crippen LogP contribution in [0.15, 0.2) is 51.2 Å². The number of benzene rings is 1. The predicted octanol–water partition coefficient (Wildman–Crippen LogP) is 5.10. The van der Waals surface area contributed by atoms with E-state index in [2.05, 4.69) is 10.1 Å². The summed E-state index contributed by atoms with van der Waals surface area (Å²) >= 11 is 0. The number of allylic oxidation sites excluding steroid dienone is 2. The van der Waals surface area contributed by atoms with Crippen molar-refractivity contribution in [2.45, 2.75) is 58.8 Å². The Morgan fingerprint density at radius 2 is 1.90 bits per heavy atom. The molecule has 6 heteroatoms. The topological polar surface area (TPSA) is 92.8 Å². The number of Topliss-reactive ketones (excluding diaryl/α,β-unsaturated/α-hetero) is 2. The number of aryl methyl sites for hydroxylation is 1. The van der Waals surface area contributed by atoms with E-state index in [9.17, 15) is 14.7 Å². The second-order valence-electron chi connectivity index (χ2n) is 8.86. The van der Waals surface area contributed by atoms with E-state index in [0.717, 1.165) is 12.1 Å². The second-order valence-corrected chi connectivity index (χ2v) is 8.86. The van der Waals surface area contributed by atoms with Crippen molar-refractivity contribution in [2.24, 2.45) is 10.4 Å². The van der Waals surface area contributed by atoms with Crippen LogP contribution in [-0.4, -0.2) is 27.5 Å². The number of rotatable bonds is 4. The Morgan fingerprint density at radius 1 is 1.13 bits per heavy atom. The second kappa shape index (κ2) is 8.01. The Hall–Kier alpha value is -3.02. The Balaban J connectivity index is 1.58. The van der Waals surface area contributed by atoms with Crippen molar-refractivity contribution < 1.29 is 19.2 Å². The maximum atomic E-state index is 12.6. The minimum Gasteiger partial charge on any atom is -0.511 e. The fourth-order valence-corrected chi connectivity index (χ4v) is 4.28. The lowest BCUT2D eigenvalue weighted by Crippen LogP contribution is -2.26. The molecule has 2 aliphatic rings. The molecule has 6 nitrogen and oxygen atoms in total. The zero-order chi connectivity index (χ0) is 21.3. The Bertz CT molecular complexity index is 1040. The van der Waals surface area contributed by atoms with E-state index in [-0.39, 0.29) is 29.2 Å². The summed E-state index contributed by atoms with van der Waals surface area (Å²) in [5.74, 6) is 0.575. The molecule has 0 radical (unpaired) electrons. The minimum absolute atomic E-state index is 0.00900. The number of aliphatic hydroxyl groups is 1. The number of aliphatic hydroxyl groups excluding tert-OH is 1. The summed E-state index contributed by atoms with van der Waals surface area (Å²) in [5, 5.41) is 14.9. The van der Waals surface area contributed by atoms with Gasteiger partial charge in [0.25, 0.3) is 0 Å². The standard InChI is InChI=1S/C24H26N2O4/c1-24(2)13-20(29)23-17(26-30-21(23)14-24)11-12-19(28)22-16(9-6-10-18(22)27)25-15-7-4-3-5-8-15/h3-5,7-8,28H,6,9-14H2,1-2H3. The van der Waals surface area contributed by atoms with E-state index in [4.69, 9.17) is 4.52 Å². The smallest absolute Gasteiger partial charge is 0.168 e. The van der Waals surface area contributed by atoms with Crippen LogP contribution in [0.2, 0.25) is 0 Å². The van der Waals surface area contributed by atoms with Crippen molar-refractivity contribution in [2.75, 3.05) is 0 Å². The number of aliphatic imine (C=N–C) groups is 1. The van der Waals surface area contributed by atoms with Crippen molar-refractivity contribution in [3.63, 3.8) is 0 Å². The number of para-hydroxylation sites is 1. The predicted molar refractivity (Wildman–Crippen MR) is 113 cm³/mol. The van der Waals surface area contributed by atoms with Crippen molar-refractivity contribution in [1.82, 2.24) is 5.16 Å². The van der Waals surface area contributed by atoms with Crippen LogP contribution in [-0.2, 0) is 17.6 Å². The molecule has 4 rings (SSSR count). The molecular formula is C24H26N2O4. The van der Waals surface area contributed by atoms with Crippen LogP contribution >= 0.6 is 0 Å². The van der Waals surface area contributed by atoms with Gasteiger partial charge in [0.1, 0.15) is 11.5 Å². The molecule has 0 spiro atoms. The molecule has 2 aliphatic carbocycles. The van der Waals surface area contributed by atoms with E-state index in [0.29, 0.717) is 60.4 Å². The Labute approximate surface area is 175 Å². The van der Waals surface area contributed by atoms with E-state index in [1.54, 1.807) is 0 Å². The number of hydrogen-bond donors (Lipinski definition) is 1. The maximum absolute atomic E-state index is 12.6. The fourth-order valence-electron chi connectivity index (χ4n) is 4.28. The molecule has 1 saturated carbocycles. The van der Waals surface area contributed by atoms with Gasteiger partial charge in [0, 0.05) is 32.1 Å². The first-order chi connectivity index (χ1) is 14.3. The SMILES string of the molecule is CC1(C)CC(=O)c2c(CCC(O)=C3C(=O)CCCC3=Nc3ccccc3)noc2C1. The summed E-state index contributed by atoms with van der Waals surface area (Å²) in [7, 11) is 0. The van der Waals surface area contributed by atoms with Gasteiger partial charge in [-0.15, -0.1) is 0 Å². The van der Waals surface area contributed by atoms with Crippen molar-refractivity contribution >= 4 is 23.0 Å². The number of carbonyl (C=O) groups is 2. The monoisotopic (exact) mass is 406 g/mol. The quantitative estimate of drug-likeness (QED) is 0.563. The summed E-state index contributed by atoms with van der Waals surface area (Å²) < 4.78 is 5.43. The van der Waals surface area contributed by atoms with Gasteiger partial charge in [0.2, 0.25) is 0 Å². The lowest BCUT2D eigenvalue weighted by molar-refractivity contribution is -0.115. The molecule has 2 aromatic rings. The van der Waals surface area contributed by atoms with Crippen LogP contribution in [0.4, 0.5) is 5.69 Å². The third-order valence-corrected chi connectivity index (χ3v) is 5.68. The van der Waals surface area contributed by atoms with Crippen LogP contribution < -0.4 is 0 Å². The van der Waals surface area contributed by atoms with Gasteiger partial charge in [-0.1, -0.05) is 37.2 Å². The average Bonchev–Trinajstić information content (AvgIpc) is 3.09. The van der Waals surface area contributed by atoms with Crippen molar-refractivity contribution in [3.8, 4) is 0 Å². The summed E-state index contributed by atoms with van der Waals surface area (Å²) in [6, 6.07) is 9.43. The van der Waals surface area contributed by atoms with E-state index in [1.807, 2.05) is 44.2 Å². The molecular weight excluding hydrogens is 380 g/mol. The normalized spacial score (nSPS) is 21.6. The maximum Gasteiger partial charge on any atom is 0.168 e. The molecule has 1 aromatic heterocycles. The molecule has 0 amide bonds. The molecule has 156 valence electrons. The van der Waals surface area contributed by atoms with Gasteiger partial charge in [0.05, 0.1) is 28.2 Å². The van der Waals surface area contributed by atoms with Gasteiger partial charge in [-0.05, 0) is 30.4 Å². The molecule has 30 heavy (non-hydrogen) atoms. The van der Waals surface area contributed by atoms with Gasteiger partial charge in [-0.25, -0.2) is 0 Å². The summed E-state index contributed by atoms with van der Waals surface area (Å²) in [6.45, 7) is 4.07. The zero-order valence-corrected chi connectivity index (χ0v) is 17.4. The largest absolute Gasteiger partial charge is 0.511 e. The molecule has 0 unspecified atom stereocenters. The number of aromatic nitrogens is 1.